The highest BCUT2D eigenvalue weighted by molar-refractivity contribution is 6.30. The van der Waals surface area contributed by atoms with Gasteiger partial charge >= 0.3 is 0 Å². The molecule has 0 bridgehead atoms. The molecule has 0 spiro atoms. The van der Waals surface area contributed by atoms with Crippen molar-refractivity contribution in [1.29, 1.82) is 0 Å². The Morgan fingerprint density at radius 2 is 2.00 bits per heavy atom. The highest BCUT2D eigenvalue weighted by Crippen LogP contribution is 2.34. The van der Waals surface area contributed by atoms with Crippen molar-refractivity contribution in [2.24, 2.45) is 5.41 Å². The summed E-state index contributed by atoms with van der Waals surface area (Å²) >= 11 is 5.90. The molecule has 1 nitrogen and oxygen atoms in total. The second-order valence-corrected chi connectivity index (χ2v) is 6.03. The molecule has 0 aromatic heterocycles. The minimum Gasteiger partial charge on any atom is -0.316 e. The Morgan fingerprint density at radius 1 is 1.25 bits per heavy atom. The zero-order valence-corrected chi connectivity index (χ0v) is 13.7. The Labute approximate surface area is 127 Å². The van der Waals surface area contributed by atoms with Crippen molar-refractivity contribution in [2.45, 2.75) is 52.9 Å². The third kappa shape index (κ3) is 4.75. The van der Waals surface area contributed by atoms with E-state index in [1.165, 1.54) is 12.8 Å². The third-order valence-corrected chi connectivity index (χ3v) is 4.45. The molecule has 0 aliphatic carbocycles. The second kappa shape index (κ2) is 8.63. The van der Waals surface area contributed by atoms with Crippen LogP contribution in [-0.2, 0) is 6.42 Å². The summed E-state index contributed by atoms with van der Waals surface area (Å²) in [6, 6.07) is 5.32. The van der Waals surface area contributed by atoms with Gasteiger partial charge in [-0.15, -0.1) is 0 Å². The van der Waals surface area contributed by atoms with Gasteiger partial charge in [0.05, 0.1) is 5.02 Å². The summed E-state index contributed by atoms with van der Waals surface area (Å²) in [7, 11) is 0. The Hall–Kier alpha value is -0.600. The van der Waals surface area contributed by atoms with Crippen molar-refractivity contribution in [3.05, 3.63) is 34.6 Å². The third-order valence-electron chi connectivity index (χ3n) is 4.16. The van der Waals surface area contributed by atoms with E-state index in [-0.39, 0.29) is 16.3 Å². The molecule has 1 unspecified atom stereocenters. The lowest BCUT2D eigenvalue weighted by atomic mass is 9.75. The van der Waals surface area contributed by atoms with Gasteiger partial charge in [-0.05, 0) is 42.9 Å². The van der Waals surface area contributed by atoms with Crippen molar-refractivity contribution in [3.63, 3.8) is 0 Å². The molecule has 20 heavy (non-hydrogen) atoms. The summed E-state index contributed by atoms with van der Waals surface area (Å²) < 4.78 is 14.2. The van der Waals surface area contributed by atoms with Crippen LogP contribution >= 0.6 is 11.6 Å². The van der Waals surface area contributed by atoms with E-state index in [0.29, 0.717) is 0 Å². The van der Waals surface area contributed by atoms with Gasteiger partial charge in [0.15, 0.2) is 0 Å². The fourth-order valence-electron chi connectivity index (χ4n) is 2.70. The smallest absolute Gasteiger partial charge is 0.144 e. The van der Waals surface area contributed by atoms with Gasteiger partial charge in [0.25, 0.3) is 0 Å². The predicted molar refractivity (Wildman–Crippen MR) is 85.9 cm³/mol. The molecule has 0 aliphatic heterocycles. The number of nitrogens with one attached hydrogen (secondary N) is 1. The molecule has 1 rings (SSSR count). The van der Waals surface area contributed by atoms with Crippen molar-refractivity contribution < 1.29 is 4.39 Å². The van der Waals surface area contributed by atoms with Crippen molar-refractivity contribution in [3.8, 4) is 0 Å². The Morgan fingerprint density at radius 3 is 2.60 bits per heavy atom. The van der Waals surface area contributed by atoms with Gasteiger partial charge in [-0.2, -0.15) is 0 Å². The maximum Gasteiger partial charge on any atom is 0.144 e. The molecule has 3 heteroatoms. The maximum absolute atomic E-state index is 14.2. The van der Waals surface area contributed by atoms with E-state index in [9.17, 15) is 4.39 Å². The van der Waals surface area contributed by atoms with E-state index in [2.05, 4.69) is 26.1 Å². The van der Waals surface area contributed by atoms with E-state index in [0.717, 1.165) is 37.9 Å². The Balaban J connectivity index is 2.94. The fraction of sp³-hybridized carbons (Fsp3) is 0.647. The molecule has 1 N–H and O–H groups in total. The van der Waals surface area contributed by atoms with Crippen LogP contribution < -0.4 is 5.32 Å². The van der Waals surface area contributed by atoms with Crippen molar-refractivity contribution in [2.75, 3.05) is 13.1 Å². The highest BCUT2D eigenvalue weighted by atomic mass is 35.5. The number of unbranched alkanes of at least 4 members (excludes halogenated alkanes) is 1. The van der Waals surface area contributed by atoms with Gasteiger partial charge in [0.1, 0.15) is 5.82 Å². The molecule has 1 aromatic rings. The average molecular weight is 300 g/mol. The minimum absolute atomic E-state index is 0.123. The Bertz CT molecular complexity index is 398. The van der Waals surface area contributed by atoms with Crippen LogP contribution in [0.1, 0.15) is 52.0 Å². The summed E-state index contributed by atoms with van der Waals surface area (Å²) in [5.74, 6) is -0.250. The summed E-state index contributed by atoms with van der Waals surface area (Å²) in [4.78, 5) is 0. The van der Waals surface area contributed by atoms with Crippen LogP contribution in [0.3, 0.4) is 0 Å². The Kier molecular flexibility index (Phi) is 7.53. The molecule has 0 radical (unpaired) electrons. The lowest BCUT2D eigenvalue weighted by Gasteiger charge is -2.34. The minimum atomic E-state index is -0.250. The largest absolute Gasteiger partial charge is 0.316 e. The molecular formula is C17H27ClFN. The topological polar surface area (TPSA) is 12.0 Å². The normalized spacial score (nSPS) is 14.2. The SMILES string of the molecule is CCCCC(CC)(CNCC)Cc1cccc(Cl)c1F. The number of rotatable bonds is 9. The summed E-state index contributed by atoms with van der Waals surface area (Å²) in [6.45, 7) is 8.40. The van der Waals surface area contributed by atoms with Crippen LogP contribution in [0.2, 0.25) is 5.02 Å². The predicted octanol–water partition coefficient (Wildman–Crippen LogP) is 5.22. The maximum atomic E-state index is 14.2. The van der Waals surface area contributed by atoms with Crippen LogP contribution in [-0.4, -0.2) is 13.1 Å². The molecule has 1 aromatic carbocycles. The molecule has 0 heterocycles. The van der Waals surface area contributed by atoms with Crippen LogP contribution in [0.15, 0.2) is 18.2 Å². The molecule has 114 valence electrons. The van der Waals surface area contributed by atoms with Gasteiger partial charge in [0.2, 0.25) is 0 Å². The zero-order valence-electron chi connectivity index (χ0n) is 12.9. The summed E-state index contributed by atoms with van der Waals surface area (Å²) in [5.41, 5.74) is 0.866. The number of benzene rings is 1. The quantitative estimate of drug-likeness (QED) is 0.659. The first-order valence-corrected chi connectivity index (χ1v) is 8.10. The molecule has 0 saturated heterocycles. The molecule has 0 amide bonds. The van der Waals surface area contributed by atoms with Gasteiger partial charge in [-0.1, -0.05) is 57.3 Å². The summed E-state index contributed by atoms with van der Waals surface area (Å²) in [5, 5.41) is 3.68. The summed E-state index contributed by atoms with van der Waals surface area (Å²) in [6.07, 6.45) is 5.28. The van der Waals surface area contributed by atoms with Crippen molar-refractivity contribution >= 4 is 11.6 Å². The van der Waals surface area contributed by atoms with Crippen molar-refractivity contribution in [1.82, 2.24) is 5.32 Å². The monoisotopic (exact) mass is 299 g/mol. The highest BCUT2D eigenvalue weighted by Gasteiger charge is 2.28. The van der Waals surface area contributed by atoms with Crippen LogP contribution in [0.5, 0.6) is 0 Å². The number of halogens is 2. The average Bonchev–Trinajstić information content (AvgIpc) is 2.47. The van der Waals surface area contributed by atoms with Crippen LogP contribution in [0.25, 0.3) is 0 Å². The zero-order chi connectivity index (χ0) is 15.0. The first-order chi connectivity index (χ1) is 9.58. The van der Waals surface area contributed by atoms with E-state index in [4.69, 9.17) is 11.6 Å². The van der Waals surface area contributed by atoms with Gasteiger partial charge < -0.3 is 5.32 Å². The molecular weight excluding hydrogens is 273 g/mol. The molecule has 0 saturated carbocycles. The van der Waals surface area contributed by atoms with E-state index in [1.54, 1.807) is 6.07 Å². The van der Waals surface area contributed by atoms with Crippen LogP contribution in [0.4, 0.5) is 4.39 Å². The standard InChI is InChI=1S/C17H27ClFN/c1-4-7-11-17(5-2,13-20-6-3)12-14-9-8-10-15(18)16(14)19/h8-10,20H,4-7,11-13H2,1-3H3. The van der Waals surface area contributed by atoms with E-state index < -0.39 is 0 Å². The molecule has 1 atom stereocenters. The number of hydrogen-bond acceptors (Lipinski definition) is 1. The first-order valence-electron chi connectivity index (χ1n) is 7.72. The van der Waals surface area contributed by atoms with Gasteiger partial charge in [-0.25, -0.2) is 4.39 Å². The molecule has 0 aliphatic rings. The van der Waals surface area contributed by atoms with E-state index >= 15 is 0 Å². The second-order valence-electron chi connectivity index (χ2n) is 5.63. The van der Waals surface area contributed by atoms with Gasteiger partial charge in [0, 0.05) is 6.54 Å². The first kappa shape index (κ1) is 17.5. The molecule has 0 fully saturated rings. The number of hydrogen-bond donors (Lipinski definition) is 1. The van der Waals surface area contributed by atoms with Gasteiger partial charge in [-0.3, -0.25) is 0 Å². The fourth-order valence-corrected chi connectivity index (χ4v) is 2.89. The lowest BCUT2D eigenvalue weighted by molar-refractivity contribution is 0.228. The van der Waals surface area contributed by atoms with E-state index in [1.807, 2.05) is 12.1 Å². The van der Waals surface area contributed by atoms with Crippen LogP contribution in [0, 0.1) is 11.2 Å². The lowest BCUT2D eigenvalue weighted by Crippen LogP contribution is -2.36.